The fraction of sp³-hybridized carbons (Fsp3) is 0.824. The summed E-state index contributed by atoms with van der Waals surface area (Å²) in [5.41, 5.74) is 1.34. The van der Waals surface area contributed by atoms with E-state index in [4.69, 9.17) is 9.72 Å². The summed E-state index contributed by atoms with van der Waals surface area (Å²) in [6, 6.07) is 0. The van der Waals surface area contributed by atoms with Gasteiger partial charge in [-0.2, -0.15) is 0 Å². The van der Waals surface area contributed by atoms with E-state index in [1.54, 1.807) is 0 Å². The van der Waals surface area contributed by atoms with Crippen LogP contribution in [0, 0.1) is 0 Å². The Morgan fingerprint density at radius 3 is 2.76 bits per heavy atom. The van der Waals surface area contributed by atoms with Crippen molar-refractivity contribution >= 4 is 11.3 Å². The molecule has 1 fully saturated rings. The summed E-state index contributed by atoms with van der Waals surface area (Å²) in [6.07, 6.45) is 4.76. The number of aromatic nitrogens is 1. The van der Waals surface area contributed by atoms with Gasteiger partial charge in [0.2, 0.25) is 0 Å². The Bertz CT molecular complexity index is 446. The van der Waals surface area contributed by atoms with Gasteiger partial charge >= 0.3 is 0 Å². The van der Waals surface area contributed by atoms with Gasteiger partial charge in [-0.25, -0.2) is 4.98 Å². The van der Waals surface area contributed by atoms with E-state index in [2.05, 4.69) is 45.3 Å². The average molecular weight is 311 g/mol. The second-order valence-electron chi connectivity index (χ2n) is 7.14. The highest BCUT2D eigenvalue weighted by atomic mass is 32.1. The fourth-order valence-corrected chi connectivity index (χ4v) is 4.33. The molecule has 0 amide bonds. The van der Waals surface area contributed by atoms with E-state index in [9.17, 15) is 0 Å². The van der Waals surface area contributed by atoms with E-state index < -0.39 is 0 Å². The molecule has 2 rings (SSSR count). The van der Waals surface area contributed by atoms with Crippen LogP contribution in [0.1, 0.15) is 71.0 Å². The smallest absolute Gasteiger partial charge is 0.113 e. The summed E-state index contributed by atoms with van der Waals surface area (Å²) < 4.78 is 5.95. The van der Waals surface area contributed by atoms with Crippen molar-refractivity contribution in [1.29, 1.82) is 0 Å². The van der Waals surface area contributed by atoms with Crippen LogP contribution in [0.5, 0.6) is 0 Å². The first-order valence-electron chi connectivity index (χ1n) is 8.24. The van der Waals surface area contributed by atoms with Crippen LogP contribution in [-0.2, 0) is 15.7 Å². The molecular weight excluding hydrogens is 280 g/mol. The van der Waals surface area contributed by atoms with Crippen LogP contribution in [-0.4, -0.2) is 24.2 Å². The number of rotatable bonds is 5. The highest BCUT2D eigenvalue weighted by Crippen LogP contribution is 2.39. The fourth-order valence-electron chi connectivity index (χ4n) is 3.06. The van der Waals surface area contributed by atoms with Crippen LogP contribution in [0.4, 0.5) is 0 Å². The molecule has 0 spiro atoms. The number of hydrogen-bond donors (Lipinski definition) is 1. The van der Waals surface area contributed by atoms with E-state index in [1.165, 1.54) is 17.1 Å². The Morgan fingerprint density at radius 2 is 2.19 bits per heavy atom. The zero-order valence-corrected chi connectivity index (χ0v) is 15.0. The van der Waals surface area contributed by atoms with Crippen LogP contribution < -0.4 is 5.32 Å². The van der Waals surface area contributed by atoms with Crippen molar-refractivity contribution in [2.24, 2.45) is 0 Å². The molecule has 120 valence electrons. The quantitative estimate of drug-likeness (QED) is 0.884. The van der Waals surface area contributed by atoms with Crippen molar-refractivity contribution in [2.75, 3.05) is 13.2 Å². The van der Waals surface area contributed by atoms with E-state index in [0.717, 1.165) is 32.4 Å². The predicted octanol–water partition coefficient (Wildman–Crippen LogP) is 4.22. The molecule has 1 aromatic heterocycles. The highest BCUT2D eigenvalue weighted by molar-refractivity contribution is 7.09. The molecule has 0 saturated carbocycles. The van der Waals surface area contributed by atoms with E-state index in [1.807, 2.05) is 11.3 Å². The van der Waals surface area contributed by atoms with Crippen molar-refractivity contribution < 1.29 is 4.74 Å². The molecule has 0 aliphatic carbocycles. The lowest BCUT2D eigenvalue weighted by molar-refractivity contribution is -0.0346. The Morgan fingerprint density at radius 1 is 1.43 bits per heavy atom. The molecule has 2 unspecified atom stereocenters. The van der Waals surface area contributed by atoms with Gasteiger partial charge in [-0.05, 0) is 25.8 Å². The van der Waals surface area contributed by atoms with E-state index in [-0.39, 0.29) is 11.0 Å². The minimum atomic E-state index is 0.0149. The number of ether oxygens (including phenoxy) is 1. The molecule has 1 aliphatic rings. The zero-order valence-electron chi connectivity index (χ0n) is 14.2. The van der Waals surface area contributed by atoms with Gasteiger partial charge in [-0.15, -0.1) is 11.3 Å². The Balaban J connectivity index is 2.27. The number of hydrogen-bond acceptors (Lipinski definition) is 4. The molecule has 2 heterocycles. The molecule has 1 saturated heterocycles. The van der Waals surface area contributed by atoms with Crippen molar-refractivity contribution in [2.45, 2.75) is 77.4 Å². The molecule has 0 radical (unpaired) electrons. The lowest BCUT2D eigenvalue weighted by Gasteiger charge is -2.40. The lowest BCUT2D eigenvalue weighted by Crippen LogP contribution is -2.49. The monoisotopic (exact) mass is 310 g/mol. The molecule has 1 aromatic rings. The normalized spacial score (nSPS) is 27.0. The summed E-state index contributed by atoms with van der Waals surface area (Å²) >= 11 is 1.81. The summed E-state index contributed by atoms with van der Waals surface area (Å²) in [5.74, 6) is 0. The van der Waals surface area contributed by atoms with Crippen molar-refractivity contribution in [1.82, 2.24) is 10.3 Å². The van der Waals surface area contributed by atoms with Gasteiger partial charge in [-0.3, -0.25) is 0 Å². The van der Waals surface area contributed by atoms with Crippen molar-refractivity contribution in [3.05, 3.63) is 16.1 Å². The van der Waals surface area contributed by atoms with E-state index >= 15 is 0 Å². The maximum Gasteiger partial charge on any atom is 0.113 e. The Hall–Kier alpha value is -0.450. The third kappa shape index (κ3) is 3.85. The number of nitrogens with zero attached hydrogens (tertiary/aromatic N) is 1. The minimum absolute atomic E-state index is 0.0149. The first kappa shape index (κ1) is 16.9. The molecule has 1 N–H and O–H groups in total. The molecule has 3 nitrogen and oxygen atoms in total. The average Bonchev–Trinajstić information content (AvgIpc) is 2.90. The summed E-state index contributed by atoms with van der Waals surface area (Å²) in [5, 5.41) is 7.22. The van der Waals surface area contributed by atoms with Gasteiger partial charge in [0.05, 0.1) is 17.3 Å². The molecule has 21 heavy (non-hydrogen) atoms. The maximum absolute atomic E-state index is 5.95. The summed E-state index contributed by atoms with van der Waals surface area (Å²) in [7, 11) is 0. The molecule has 1 aliphatic heterocycles. The Labute approximate surface area is 133 Å². The minimum Gasteiger partial charge on any atom is -0.378 e. The molecular formula is C17H30N2OS. The first-order valence-corrected chi connectivity index (χ1v) is 9.12. The second-order valence-corrected chi connectivity index (χ2v) is 7.99. The second kappa shape index (κ2) is 6.76. The van der Waals surface area contributed by atoms with Gasteiger partial charge in [-0.1, -0.05) is 41.0 Å². The van der Waals surface area contributed by atoms with Crippen LogP contribution >= 0.6 is 11.3 Å². The molecule has 2 atom stereocenters. The topological polar surface area (TPSA) is 34.2 Å². The van der Waals surface area contributed by atoms with E-state index in [0.29, 0.717) is 6.10 Å². The first-order chi connectivity index (χ1) is 9.91. The molecule has 0 bridgehead atoms. The van der Waals surface area contributed by atoms with Gasteiger partial charge < -0.3 is 10.1 Å². The van der Waals surface area contributed by atoms with Crippen LogP contribution in [0.15, 0.2) is 5.38 Å². The largest absolute Gasteiger partial charge is 0.378 e. The summed E-state index contributed by atoms with van der Waals surface area (Å²) in [4.78, 5) is 4.99. The van der Waals surface area contributed by atoms with Gasteiger partial charge in [0.15, 0.2) is 0 Å². The van der Waals surface area contributed by atoms with Crippen LogP contribution in [0.2, 0.25) is 0 Å². The number of nitrogens with one attached hydrogen (secondary N) is 1. The van der Waals surface area contributed by atoms with Gasteiger partial charge in [0, 0.05) is 17.4 Å². The SMILES string of the molecule is CCCC1CC(NCC)(c2nc(C(C)(C)C)cs2)CCO1. The van der Waals surface area contributed by atoms with Crippen molar-refractivity contribution in [3.63, 3.8) is 0 Å². The van der Waals surface area contributed by atoms with Gasteiger partial charge in [0.25, 0.3) is 0 Å². The third-order valence-electron chi connectivity index (χ3n) is 4.27. The van der Waals surface area contributed by atoms with Crippen molar-refractivity contribution in [3.8, 4) is 0 Å². The standard InChI is InChI=1S/C17H30N2OS/c1-6-8-13-11-17(18-7-2,9-10-20-13)15-19-14(12-21-15)16(3,4)5/h12-13,18H,6-11H2,1-5H3. The predicted molar refractivity (Wildman–Crippen MR) is 90.1 cm³/mol. The lowest BCUT2D eigenvalue weighted by atomic mass is 9.85. The van der Waals surface area contributed by atoms with Crippen LogP contribution in [0.25, 0.3) is 0 Å². The molecule has 4 heteroatoms. The maximum atomic E-state index is 5.95. The summed E-state index contributed by atoms with van der Waals surface area (Å²) in [6.45, 7) is 12.9. The third-order valence-corrected chi connectivity index (χ3v) is 5.31. The highest BCUT2D eigenvalue weighted by Gasteiger charge is 2.40. The molecule has 0 aromatic carbocycles. The van der Waals surface area contributed by atoms with Crippen LogP contribution in [0.3, 0.4) is 0 Å². The zero-order chi connectivity index (χ0) is 15.5. The van der Waals surface area contributed by atoms with Gasteiger partial charge in [0.1, 0.15) is 5.01 Å². The number of thiazole rings is 1. The Kier molecular flexibility index (Phi) is 5.44.